The number of carboxylic acids is 1. The fraction of sp³-hybridized carbons (Fsp3) is 0.150. The van der Waals surface area contributed by atoms with Crippen molar-refractivity contribution in [2.75, 3.05) is 0 Å². The Morgan fingerprint density at radius 3 is 2.54 bits per heavy atom. The normalized spacial score (nSPS) is 18.7. The standard InChI is InChI=1S/C20H16N2O3S/c1-20(19(24)25)8-11-9-22-10-16(17(11)26-20)14-6-7-15(18(21)23)13-5-3-2-4-12(13)14/h2-7,9-10H,8H2,1H3,(H2,21,23)(H,24,25). The van der Waals surface area contributed by atoms with Crippen LogP contribution in [0.1, 0.15) is 22.8 Å². The highest BCUT2D eigenvalue weighted by atomic mass is 32.2. The smallest absolute Gasteiger partial charge is 0.320 e. The molecule has 0 saturated carbocycles. The van der Waals surface area contributed by atoms with Gasteiger partial charge in [-0.3, -0.25) is 14.6 Å². The molecule has 0 bridgehead atoms. The molecule has 0 spiro atoms. The lowest BCUT2D eigenvalue weighted by molar-refractivity contribution is -0.139. The van der Waals surface area contributed by atoms with Crippen molar-refractivity contribution in [2.45, 2.75) is 23.0 Å². The van der Waals surface area contributed by atoms with E-state index < -0.39 is 16.6 Å². The van der Waals surface area contributed by atoms with Gasteiger partial charge in [0.2, 0.25) is 5.91 Å². The van der Waals surface area contributed by atoms with E-state index in [4.69, 9.17) is 5.73 Å². The summed E-state index contributed by atoms with van der Waals surface area (Å²) in [6, 6.07) is 11.1. The van der Waals surface area contributed by atoms with Gasteiger partial charge in [0.25, 0.3) is 0 Å². The first-order valence-electron chi connectivity index (χ1n) is 8.12. The minimum absolute atomic E-state index is 0.431. The number of carboxylic acid groups (broad SMARTS) is 1. The molecule has 0 aliphatic carbocycles. The van der Waals surface area contributed by atoms with E-state index >= 15 is 0 Å². The molecule has 2 aromatic carbocycles. The molecule has 3 aromatic rings. The molecule has 1 atom stereocenters. The van der Waals surface area contributed by atoms with Gasteiger partial charge < -0.3 is 10.8 Å². The molecule has 1 amide bonds. The lowest BCUT2D eigenvalue weighted by atomic mass is 9.94. The predicted octanol–water partition coefficient (Wildman–Crippen LogP) is 3.49. The third-order valence-corrected chi connectivity index (χ3v) is 6.21. The second-order valence-electron chi connectivity index (χ2n) is 6.56. The fourth-order valence-electron chi connectivity index (χ4n) is 3.42. The first-order valence-corrected chi connectivity index (χ1v) is 8.93. The lowest BCUT2D eigenvalue weighted by Gasteiger charge is -2.16. The van der Waals surface area contributed by atoms with E-state index in [-0.39, 0.29) is 0 Å². The van der Waals surface area contributed by atoms with Crippen LogP contribution in [0.5, 0.6) is 0 Å². The van der Waals surface area contributed by atoms with Gasteiger partial charge in [0.15, 0.2) is 0 Å². The van der Waals surface area contributed by atoms with Crippen molar-refractivity contribution in [1.29, 1.82) is 0 Å². The number of aromatic nitrogens is 1. The van der Waals surface area contributed by atoms with Crippen LogP contribution in [0, 0.1) is 0 Å². The molecule has 26 heavy (non-hydrogen) atoms. The van der Waals surface area contributed by atoms with E-state index in [1.807, 2.05) is 30.3 Å². The predicted molar refractivity (Wildman–Crippen MR) is 101 cm³/mol. The van der Waals surface area contributed by atoms with Crippen LogP contribution in [0.4, 0.5) is 0 Å². The Labute approximate surface area is 154 Å². The highest BCUT2D eigenvalue weighted by Gasteiger charge is 2.42. The number of benzene rings is 2. The van der Waals surface area contributed by atoms with Gasteiger partial charge in [-0.2, -0.15) is 0 Å². The van der Waals surface area contributed by atoms with Gasteiger partial charge in [-0.1, -0.05) is 30.3 Å². The Bertz CT molecular complexity index is 1080. The summed E-state index contributed by atoms with van der Waals surface area (Å²) in [4.78, 5) is 28.7. The Hall–Kier alpha value is -2.86. The molecular formula is C20H16N2O3S. The summed E-state index contributed by atoms with van der Waals surface area (Å²) in [5.41, 5.74) is 8.70. The van der Waals surface area contributed by atoms with Gasteiger partial charge in [-0.05, 0) is 34.9 Å². The Morgan fingerprint density at radius 1 is 1.12 bits per heavy atom. The number of thioether (sulfide) groups is 1. The largest absolute Gasteiger partial charge is 0.480 e. The van der Waals surface area contributed by atoms with E-state index in [0.29, 0.717) is 12.0 Å². The van der Waals surface area contributed by atoms with Crippen LogP contribution in [-0.4, -0.2) is 26.7 Å². The molecule has 2 heterocycles. The van der Waals surface area contributed by atoms with Crippen LogP contribution in [0.25, 0.3) is 21.9 Å². The molecule has 130 valence electrons. The number of fused-ring (bicyclic) bond motifs is 2. The molecule has 3 N–H and O–H groups in total. The number of carbonyl (C=O) groups excluding carboxylic acids is 1. The van der Waals surface area contributed by atoms with Crippen LogP contribution >= 0.6 is 11.8 Å². The highest BCUT2D eigenvalue weighted by Crippen LogP contribution is 2.49. The number of hydrogen-bond donors (Lipinski definition) is 2. The number of carbonyl (C=O) groups is 2. The quantitative estimate of drug-likeness (QED) is 0.742. The molecule has 5 nitrogen and oxygen atoms in total. The number of rotatable bonds is 3. The van der Waals surface area contributed by atoms with Gasteiger partial charge in [0.05, 0.1) is 0 Å². The summed E-state index contributed by atoms with van der Waals surface area (Å²) in [6.07, 6.45) is 3.92. The van der Waals surface area contributed by atoms with Crippen molar-refractivity contribution >= 4 is 34.4 Å². The first kappa shape index (κ1) is 16.6. The van der Waals surface area contributed by atoms with Crippen molar-refractivity contribution in [3.05, 3.63) is 59.9 Å². The minimum Gasteiger partial charge on any atom is -0.480 e. The van der Waals surface area contributed by atoms with Gasteiger partial charge in [-0.15, -0.1) is 11.8 Å². The van der Waals surface area contributed by atoms with E-state index in [1.54, 1.807) is 25.4 Å². The number of nitrogens with two attached hydrogens (primary N) is 1. The maximum absolute atomic E-state index is 11.8. The van der Waals surface area contributed by atoms with Gasteiger partial charge in [-0.25, -0.2) is 0 Å². The van der Waals surface area contributed by atoms with E-state index in [2.05, 4.69) is 4.98 Å². The zero-order valence-electron chi connectivity index (χ0n) is 14.0. The molecule has 1 aliphatic heterocycles. The SMILES string of the molecule is CC1(C(=O)O)Cc2cncc(-c3ccc(C(N)=O)c4ccccc34)c2S1. The number of hydrogen-bond acceptors (Lipinski definition) is 4. The zero-order chi connectivity index (χ0) is 18.5. The average Bonchev–Trinajstić information content (AvgIpc) is 2.98. The van der Waals surface area contributed by atoms with Crippen LogP contribution in [-0.2, 0) is 11.2 Å². The summed E-state index contributed by atoms with van der Waals surface area (Å²) in [5, 5.41) is 11.3. The summed E-state index contributed by atoms with van der Waals surface area (Å²) < 4.78 is -0.900. The Kier molecular flexibility index (Phi) is 3.73. The van der Waals surface area contributed by atoms with Crippen LogP contribution in [0.15, 0.2) is 53.7 Å². The van der Waals surface area contributed by atoms with Crippen molar-refractivity contribution < 1.29 is 14.7 Å². The molecule has 1 unspecified atom stereocenters. The minimum atomic E-state index is -0.900. The number of primary amides is 1. The molecule has 0 fully saturated rings. The van der Waals surface area contributed by atoms with Crippen molar-refractivity contribution in [1.82, 2.24) is 4.98 Å². The van der Waals surface area contributed by atoms with Crippen LogP contribution < -0.4 is 5.73 Å². The van der Waals surface area contributed by atoms with E-state index in [9.17, 15) is 14.7 Å². The summed E-state index contributed by atoms with van der Waals surface area (Å²) in [7, 11) is 0. The summed E-state index contributed by atoms with van der Waals surface area (Å²) >= 11 is 1.36. The number of pyridine rings is 1. The summed E-state index contributed by atoms with van der Waals surface area (Å²) in [5.74, 6) is -1.31. The topological polar surface area (TPSA) is 93.3 Å². The van der Waals surface area contributed by atoms with Crippen LogP contribution in [0.3, 0.4) is 0 Å². The molecule has 0 saturated heterocycles. The second-order valence-corrected chi connectivity index (χ2v) is 8.07. The van der Waals surface area contributed by atoms with Gasteiger partial charge >= 0.3 is 5.97 Å². The van der Waals surface area contributed by atoms with Gasteiger partial charge in [0, 0.05) is 34.8 Å². The molecule has 6 heteroatoms. The monoisotopic (exact) mass is 364 g/mol. The third-order valence-electron chi connectivity index (χ3n) is 4.76. The third kappa shape index (κ3) is 2.45. The van der Waals surface area contributed by atoms with Crippen molar-refractivity contribution in [2.24, 2.45) is 5.73 Å². The molecule has 0 radical (unpaired) electrons. The maximum Gasteiger partial charge on any atom is 0.320 e. The number of aliphatic carboxylic acids is 1. The van der Waals surface area contributed by atoms with Crippen molar-refractivity contribution in [3.63, 3.8) is 0 Å². The van der Waals surface area contributed by atoms with Crippen LogP contribution in [0.2, 0.25) is 0 Å². The highest BCUT2D eigenvalue weighted by molar-refractivity contribution is 8.01. The fourth-order valence-corrected chi connectivity index (χ4v) is 4.72. The lowest BCUT2D eigenvalue weighted by Crippen LogP contribution is -2.30. The Morgan fingerprint density at radius 2 is 1.85 bits per heavy atom. The Balaban J connectivity index is 1.95. The number of nitrogens with zero attached hydrogens (tertiary/aromatic N) is 1. The molecule has 4 rings (SSSR count). The molecule has 1 aromatic heterocycles. The van der Waals surface area contributed by atoms with E-state index in [1.165, 1.54) is 11.8 Å². The zero-order valence-corrected chi connectivity index (χ0v) is 14.8. The summed E-state index contributed by atoms with van der Waals surface area (Å²) in [6.45, 7) is 1.73. The molecule has 1 aliphatic rings. The first-order chi connectivity index (χ1) is 12.4. The van der Waals surface area contributed by atoms with Crippen molar-refractivity contribution in [3.8, 4) is 11.1 Å². The average molecular weight is 364 g/mol. The second kappa shape index (κ2) is 5.85. The van der Waals surface area contributed by atoms with E-state index in [0.717, 1.165) is 32.4 Å². The maximum atomic E-state index is 11.8. The number of amides is 1. The van der Waals surface area contributed by atoms with Gasteiger partial charge in [0.1, 0.15) is 4.75 Å². The molecular weight excluding hydrogens is 348 g/mol.